The maximum absolute atomic E-state index is 6.31. The van der Waals surface area contributed by atoms with Crippen molar-refractivity contribution < 1.29 is 23.7 Å². The monoisotopic (exact) mass is 550 g/mol. The number of rotatable bonds is 10. The summed E-state index contributed by atoms with van der Waals surface area (Å²) in [5.74, 6) is 3.51. The predicted octanol–water partition coefficient (Wildman–Crippen LogP) is 5.95. The Hall–Kier alpha value is -2.42. The number of fused-ring (bicyclic) bond motifs is 1. The highest BCUT2D eigenvalue weighted by Crippen LogP contribution is 2.37. The molecule has 3 unspecified atom stereocenters. The van der Waals surface area contributed by atoms with Gasteiger partial charge in [-0.3, -0.25) is 4.90 Å². The Morgan fingerprint density at radius 2 is 1.65 bits per heavy atom. The maximum Gasteiger partial charge on any atom is 0.261 e. The number of nitrogens with one attached hydrogen (secondary N) is 1. The normalized spacial score (nSPS) is 21.1. The van der Waals surface area contributed by atoms with E-state index < -0.39 is 0 Å². The molecule has 3 atom stereocenters. The van der Waals surface area contributed by atoms with E-state index in [9.17, 15) is 0 Å². The Morgan fingerprint density at radius 3 is 2.38 bits per heavy atom. The average molecular weight is 551 g/mol. The summed E-state index contributed by atoms with van der Waals surface area (Å²) in [5.41, 5.74) is 0.910. The molecule has 1 aliphatic carbocycles. The van der Waals surface area contributed by atoms with Crippen molar-refractivity contribution in [3.63, 3.8) is 0 Å². The number of likely N-dealkylation sites (tertiary alicyclic amines) is 1. The minimum atomic E-state index is 0. The number of benzene rings is 2. The summed E-state index contributed by atoms with van der Waals surface area (Å²) in [4.78, 5) is 2.64. The first-order valence-electron chi connectivity index (χ1n) is 12.8. The molecular weight excluding hydrogens is 512 g/mol. The van der Waals surface area contributed by atoms with Gasteiger partial charge in [-0.1, -0.05) is 12.8 Å². The molecule has 7 nitrogen and oxygen atoms in total. The highest BCUT2D eigenvalue weighted by atomic mass is 35.5. The number of anilines is 1. The molecule has 0 aromatic heterocycles. The van der Waals surface area contributed by atoms with Gasteiger partial charge in [0, 0.05) is 36.8 Å². The second-order valence-electron chi connectivity index (χ2n) is 9.36. The van der Waals surface area contributed by atoms with Crippen LogP contribution in [0.5, 0.6) is 23.0 Å². The summed E-state index contributed by atoms with van der Waals surface area (Å²) in [5, 5.41) is 3.68. The number of hydrogen-bond donors (Lipinski definition) is 1. The molecule has 0 bridgehead atoms. The second-order valence-corrected chi connectivity index (χ2v) is 9.73. The van der Waals surface area contributed by atoms with Crippen molar-refractivity contribution in [2.75, 3.05) is 46.3 Å². The zero-order chi connectivity index (χ0) is 25.3. The molecule has 4 rings (SSSR count). The van der Waals surface area contributed by atoms with Crippen LogP contribution in [0.4, 0.5) is 5.69 Å². The number of hydrogen-bond acceptors (Lipinski definition) is 7. The molecule has 1 saturated heterocycles. The Balaban J connectivity index is 0.00000380. The molecule has 0 spiro atoms. The van der Waals surface area contributed by atoms with Crippen LogP contribution in [-0.2, 0) is 4.74 Å². The third kappa shape index (κ3) is 7.79. The lowest BCUT2D eigenvalue weighted by atomic mass is 9.76. The molecule has 1 aliphatic heterocycles. The van der Waals surface area contributed by atoms with E-state index in [1.165, 1.54) is 25.7 Å². The zero-order valence-electron chi connectivity index (χ0n) is 21.9. The number of thiocarbonyl (C=S) groups is 1. The molecule has 1 N–H and O–H groups in total. The fourth-order valence-electron chi connectivity index (χ4n) is 5.45. The van der Waals surface area contributed by atoms with E-state index in [4.69, 9.17) is 35.9 Å². The summed E-state index contributed by atoms with van der Waals surface area (Å²) in [6, 6.07) is 13.9. The number of methoxy groups -OCH3 is 3. The van der Waals surface area contributed by atoms with Crippen LogP contribution in [0.2, 0.25) is 0 Å². The number of nitrogens with zero attached hydrogens (tertiary/aromatic N) is 1. The lowest BCUT2D eigenvalue weighted by Crippen LogP contribution is -2.54. The van der Waals surface area contributed by atoms with E-state index in [1.807, 2.05) is 42.5 Å². The highest BCUT2D eigenvalue weighted by Gasteiger charge is 2.40. The van der Waals surface area contributed by atoms with Gasteiger partial charge < -0.3 is 29.0 Å². The van der Waals surface area contributed by atoms with Crippen molar-refractivity contribution in [2.45, 2.75) is 50.7 Å². The van der Waals surface area contributed by atoms with Gasteiger partial charge in [0.05, 0.1) is 27.9 Å². The van der Waals surface area contributed by atoms with Gasteiger partial charge in [-0.05, 0) is 74.3 Å². The van der Waals surface area contributed by atoms with Crippen LogP contribution in [0.3, 0.4) is 0 Å². The van der Waals surface area contributed by atoms with Crippen LogP contribution in [-0.4, -0.2) is 63.2 Å². The van der Waals surface area contributed by atoms with E-state index in [0.717, 1.165) is 43.1 Å². The minimum absolute atomic E-state index is 0. The SMILES string of the molecule is COc1ccc(NC(=S)OC2CCN(CCCOc3ccc(OC)c(OC)c3)C3CCCCC23)cc1.Cl. The van der Waals surface area contributed by atoms with Crippen LogP contribution in [0.15, 0.2) is 42.5 Å². The van der Waals surface area contributed by atoms with Gasteiger partial charge in [-0.15, -0.1) is 12.4 Å². The summed E-state index contributed by atoms with van der Waals surface area (Å²) in [6.07, 6.45) is 7.08. The van der Waals surface area contributed by atoms with Crippen molar-refractivity contribution >= 4 is 35.5 Å². The second kappa shape index (κ2) is 14.5. The lowest BCUT2D eigenvalue weighted by Gasteiger charge is -2.47. The maximum atomic E-state index is 6.31. The van der Waals surface area contributed by atoms with Gasteiger partial charge in [0.15, 0.2) is 11.5 Å². The average Bonchev–Trinajstić information content (AvgIpc) is 2.92. The van der Waals surface area contributed by atoms with Crippen molar-refractivity contribution in [3.8, 4) is 23.0 Å². The molecule has 2 aromatic rings. The van der Waals surface area contributed by atoms with E-state index >= 15 is 0 Å². The zero-order valence-corrected chi connectivity index (χ0v) is 23.6. The molecule has 0 amide bonds. The minimum Gasteiger partial charge on any atom is -0.497 e. The van der Waals surface area contributed by atoms with Gasteiger partial charge in [0.1, 0.15) is 17.6 Å². The molecule has 0 radical (unpaired) electrons. The van der Waals surface area contributed by atoms with E-state index in [2.05, 4.69) is 10.2 Å². The number of piperidine rings is 1. The molecule has 2 aromatic carbocycles. The third-order valence-corrected chi connectivity index (χ3v) is 7.44. The number of ether oxygens (including phenoxy) is 5. The smallest absolute Gasteiger partial charge is 0.261 e. The summed E-state index contributed by atoms with van der Waals surface area (Å²) < 4.78 is 28.2. The number of halogens is 1. The van der Waals surface area contributed by atoms with Gasteiger partial charge >= 0.3 is 0 Å². The van der Waals surface area contributed by atoms with E-state index in [-0.39, 0.29) is 18.5 Å². The Bertz CT molecular complexity index is 993. The molecule has 9 heteroatoms. The first kappa shape index (κ1) is 29.1. The van der Waals surface area contributed by atoms with Crippen LogP contribution in [0, 0.1) is 5.92 Å². The van der Waals surface area contributed by atoms with Crippen molar-refractivity contribution in [1.29, 1.82) is 0 Å². The van der Waals surface area contributed by atoms with Crippen LogP contribution < -0.4 is 24.3 Å². The fraction of sp³-hybridized carbons (Fsp3) is 0.536. The fourth-order valence-corrected chi connectivity index (χ4v) is 5.69. The lowest BCUT2D eigenvalue weighted by molar-refractivity contribution is -0.0288. The molecule has 2 fully saturated rings. The first-order valence-corrected chi connectivity index (χ1v) is 13.2. The molecule has 1 saturated carbocycles. The molecule has 1 heterocycles. The summed E-state index contributed by atoms with van der Waals surface area (Å²) >= 11 is 5.56. The molecule has 204 valence electrons. The van der Waals surface area contributed by atoms with Crippen molar-refractivity contribution in [1.82, 2.24) is 4.90 Å². The highest BCUT2D eigenvalue weighted by molar-refractivity contribution is 7.80. The van der Waals surface area contributed by atoms with Crippen molar-refractivity contribution in [3.05, 3.63) is 42.5 Å². The van der Waals surface area contributed by atoms with Gasteiger partial charge in [-0.2, -0.15) is 0 Å². The molecular formula is C28H39ClN2O5S. The Kier molecular flexibility index (Phi) is 11.4. The van der Waals surface area contributed by atoms with Gasteiger partial charge in [-0.25, -0.2) is 0 Å². The van der Waals surface area contributed by atoms with Gasteiger partial charge in [0.25, 0.3) is 5.17 Å². The summed E-state index contributed by atoms with van der Waals surface area (Å²) in [7, 11) is 4.93. The van der Waals surface area contributed by atoms with Crippen LogP contribution in [0.25, 0.3) is 0 Å². The Morgan fingerprint density at radius 1 is 0.919 bits per heavy atom. The van der Waals surface area contributed by atoms with E-state index in [0.29, 0.717) is 35.2 Å². The molecule has 2 aliphatic rings. The summed E-state index contributed by atoms with van der Waals surface area (Å²) in [6.45, 7) is 2.71. The topological polar surface area (TPSA) is 61.4 Å². The third-order valence-electron chi connectivity index (χ3n) is 7.24. The Labute approximate surface area is 232 Å². The van der Waals surface area contributed by atoms with E-state index in [1.54, 1.807) is 21.3 Å². The standard InChI is InChI=1S/C28H38N2O5S.ClH/c1-31-21-11-9-20(10-12-21)29-28(36)35-25-15-17-30(24-8-5-4-7-23(24)25)16-6-18-34-22-13-14-26(32-2)27(19-22)33-3;/h9-14,19,23-25H,4-8,15-18H2,1-3H3,(H,29,36);1H. The first-order chi connectivity index (χ1) is 17.6. The largest absolute Gasteiger partial charge is 0.497 e. The van der Waals surface area contributed by atoms with Gasteiger partial charge in [0.2, 0.25) is 0 Å². The van der Waals surface area contributed by atoms with Crippen LogP contribution in [0.1, 0.15) is 38.5 Å². The molecule has 37 heavy (non-hydrogen) atoms. The van der Waals surface area contributed by atoms with Crippen LogP contribution >= 0.6 is 24.6 Å². The van der Waals surface area contributed by atoms with Crippen molar-refractivity contribution in [2.24, 2.45) is 5.92 Å². The predicted molar refractivity (Wildman–Crippen MR) is 153 cm³/mol. The quantitative estimate of drug-likeness (QED) is 0.288.